The van der Waals surface area contributed by atoms with Crippen LogP contribution < -0.4 is 5.32 Å². The summed E-state index contributed by atoms with van der Waals surface area (Å²) < 4.78 is 18.4. The van der Waals surface area contributed by atoms with Crippen LogP contribution in [0.1, 0.15) is 24.8 Å². The van der Waals surface area contributed by atoms with E-state index in [4.69, 9.17) is 16.3 Å². The van der Waals surface area contributed by atoms with Crippen molar-refractivity contribution in [3.8, 4) is 0 Å². The van der Waals surface area contributed by atoms with Gasteiger partial charge in [0.25, 0.3) is 0 Å². The van der Waals surface area contributed by atoms with Crippen LogP contribution in [0.4, 0.5) is 4.39 Å². The van der Waals surface area contributed by atoms with Gasteiger partial charge < -0.3 is 10.1 Å². The van der Waals surface area contributed by atoms with Gasteiger partial charge in [-0.3, -0.25) is 0 Å². The van der Waals surface area contributed by atoms with Gasteiger partial charge in [0.2, 0.25) is 0 Å². The zero-order valence-electron chi connectivity index (χ0n) is 9.72. The van der Waals surface area contributed by atoms with Crippen molar-refractivity contribution in [1.29, 1.82) is 0 Å². The lowest BCUT2D eigenvalue weighted by molar-refractivity contribution is 0.0168. The molecule has 1 N–H and O–H groups in total. The van der Waals surface area contributed by atoms with Gasteiger partial charge in [0.15, 0.2) is 0 Å². The fraction of sp³-hybridized carbons (Fsp3) is 0.538. The van der Waals surface area contributed by atoms with Crippen LogP contribution in [0, 0.1) is 5.82 Å². The van der Waals surface area contributed by atoms with Crippen molar-refractivity contribution in [3.63, 3.8) is 0 Å². The van der Waals surface area contributed by atoms with E-state index in [1.807, 2.05) is 0 Å². The predicted octanol–water partition coefficient (Wildman–Crippen LogP) is 3.14. The molecule has 94 valence electrons. The monoisotopic (exact) mass is 257 g/mol. The van der Waals surface area contributed by atoms with Gasteiger partial charge >= 0.3 is 0 Å². The Morgan fingerprint density at radius 3 is 3.00 bits per heavy atom. The molecule has 0 aliphatic carbocycles. The molecule has 0 bridgehead atoms. The van der Waals surface area contributed by atoms with Crippen molar-refractivity contribution >= 4 is 11.6 Å². The Bertz CT molecular complexity index is 366. The second-order valence-electron chi connectivity index (χ2n) is 4.36. The smallest absolute Gasteiger partial charge is 0.124 e. The maximum absolute atomic E-state index is 12.8. The average Bonchev–Trinajstić information content (AvgIpc) is 2.33. The van der Waals surface area contributed by atoms with Gasteiger partial charge in [-0.2, -0.15) is 0 Å². The van der Waals surface area contributed by atoms with E-state index in [-0.39, 0.29) is 5.82 Å². The molecular weight excluding hydrogens is 241 g/mol. The molecule has 0 amide bonds. The highest BCUT2D eigenvalue weighted by Crippen LogP contribution is 2.17. The second kappa shape index (κ2) is 6.34. The zero-order chi connectivity index (χ0) is 12.1. The van der Waals surface area contributed by atoms with Crippen LogP contribution in [0.5, 0.6) is 0 Å². The molecule has 0 spiro atoms. The molecule has 1 aliphatic heterocycles. The highest BCUT2D eigenvalue weighted by atomic mass is 35.5. The standard InChI is InChI=1S/C13H17ClFNO/c14-13-7-11(15)5-4-10(13)8-16-9-12-3-1-2-6-17-12/h4-5,7,12,16H,1-3,6,8-9H2. The third-order valence-corrected chi connectivity index (χ3v) is 3.33. The first-order valence-electron chi connectivity index (χ1n) is 6.02. The number of benzene rings is 1. The molecule has 1 fully saturated rings. The number of ether oxygens (including phenoxy) is 1. The minimum absolute atomic E-state index is 0.297. The van der Waals surface area contributed by atoms with E-state index in [2.05, 4.69) is 5.32 Å². The Balaban J connectivity index is 1.77. The van der Waals surface area contributed by atoms with Crippen LogP contribution in [0.3, 0.4) is 0 Å². The molecule has 4 heteroatoms. The van der Waals surface area contributed by atoms with Gasteiger partial charge in [-0.25, -0.2) is 4.39 Å². The van der Waals surface area contributed by atoms with E-state index < -0.39 is 0 Å². The number of nitrogens with one attached hydrogen (secondary N) is 1. The zero-order valence-corrected chi connectivity index (χ0v) is 10.5. The first-order chi connectivity index (χ1) is 8.25. The van der Waals surface area contributed by atoms with Gasteiger partial charge in [0, 0.05) is 24.7 Å². The summed E-state index contributed by atoms with van der Waals surface area (Å²) in [5, 5.41) is 3.77. The Kier molecular flexibility index (Phi) is 4.77. The SMILES string of the molecule is Fc1ccc(CNCC2CCCCO2)c(Cl)c1. The Hall–Kier alpha value is -0.640. The third-order valence-electron chi connectivity index (χ3n) is 2.98. The Morgan fingerprint density at radius 2 is 2.29 bits per heavy atom. The number of rotatable bonds is 4. The summed E-state index contributed by atoms with van der Waals surface area (Å²) in [4.78, 5) is 0. The summed E-state index contributed by atoms with van der Waals surface area (Å²) in [6, 6.07) is 4.49. The molecule has 0 radical (unpaired) electrons. The van der Waals surface area contributed by atoms with Crippen molar-refractivity contribution in [1.82, 2.24) is 5.32 Å². The van der Waals surface area contributed by atoms with Crippen LogP contribution in [0.2, 0.25) is 5.02 Å². The summed E-state index contributed by atoms with van der Waals surface area (Å²) in [6.45, 7) is 2.34. The van der Waals surface area contributed by atoms with Gasteiger partial charge in [-0.05, 0) is 37.0 Å². The molecule has 1 aliphatic rings. The molecule has 0 saturated carbocycles. The fourth-order valence-corrected chi connectivity index (χ4v) is 2.24. The maximum Gasteiger partial charge on any atom is 0.124 e. The number of halogens is 2. The minimum Gasteiger partial charge on any atom is -0.377 e. The van der Waals surface area contributed by atoms with Crippen molar-refractivity contribution in [2.24, 2.45) is 0 Å². The van der Waals surface area contributed by atoms with Crippen LogP contribution in [-0.2, 0) is 11.3 Å². The summed E-state index contributed by atoms with van der Waals surface area (Å²) in [6.07, 6.45) is 3.83. The quantitative estimate of drug-likeness (QED) is 0.895. The Morgan fingerprint density at radius 1 is 1.41 bits per heavy atom. The van der Waals surface area contributed by atoms with Crippen molar-refractivity contribution in [3.05, 3.63) is 34.6 Å². The topological polar surface area (TPSA) is 21.3 Å². The molecule has 1 aromatic rings. The third kappa shape index (κ3) is 3.95. The molecule has 1 unspecified atom stereocenters. The van der Waals surface area contributed by atoms with Gasteiger partial charge in [-0.15, -0.1) is 0 Å². The van der Waals surface area contributed by atoms with Crippen molar-refractivity contribution in [2.45, 2.75) is 31.9 Å². The first kappa shape index (κ1) is 12.8. The van der Waals surface area contributed by atoms with Crippen molar-refractivity contribution in [2.75, 3.05) is 13.2 Å². The minimum atomic E-state index is -0.297. The van der Waals surface area contributed by atoms with Crippen LogP contribution in [0.25, 0.3) is 0 Å². The molecule has 1 saturated heterocycles. The lowest BCUT2D eigenvalue weighted by Gasteiger charge is -2.22. The van der Waals surface area contributed by atoms with Gasteiger partial charge in [0.05, 0.1) is 6.10 Å². The van der Waals surface area contributed by atoms with Crippen LogP contribution in [0.15, 0.2) is 18.2 Å². The summed E-state index contributed by atoms with van der Waals surface area (Å²) in [7, 11) is 0. The van der Waals surface area contributed by atoms with E-state index in [9.17, 15) is 4.39 Å². The molecule has 1 atom stereocenters. The largest absolute Gasteiger partial charge is 0.377 e. The number of hydrogen-bond acceptors (Lipinski definition) is 2. The summed E-state index contributed by atoms with van der Waals surface area (Å²) >= 11 is 5.94. The van der Waals surface area contributed by atoms with E-state index in [1.165, 1.54) is 25.0 Å². The molecule has 17 heavy (non-hydrogen) atoms. The predicted molar refractivity (Wildman–Crippen MR) is 66.7 cm³/mol. The van der Waals surface area contributed by atoms with Crippen LogP contribution >= 0.6 is 11.6 Å². The molecule has 0 aromatic heterocycles. The molecule has 2 nitrogen and oxygen atoms in total. The van der Waals surface area contributed by atoms with E-state index in [1.54, 1.807) is 6.07 Å². The number of hydrogen-bond donors (Lipinski definition) is 1. The van der Waals surface area contributed by atoms with Crippen LogP contribution in [-0.4, -0.2) is 19.3 Å². The fourth-order valence-electron chi connectivity index (χ4n) is 2.00. The van der Waals surface area contributed by atoms with E-state index >= 15 is 0 Å². The van der Waals surface area contributed by atoms with E-state index in [0.29, 0.717) is 17.7 Å². The highest BCUT2D eigenvalue weighted by Gasteiger charge is 2.13. The lowest BCUT2D eigenvalue weighted by Crippen LogP contribution is -2.31. The molecule has 2 rings (SSSR count). The molecule has 1 heterocycles. The normalized spacial score (nSPS) is 20.5. The average molecular weight is 258 g/mol. The summed E-state index contributed by atoms with van der Waals surface area (Å²) in [5.41, 5.74) is 0.920. The van der Waals surface area contributed by atoms with Gasteiger partial charge in [-0.1, -0.05) is 17.7 Å². The van der Waals surface area contributed by atoms with Crippen molar-refractivity contribution < 1.29 is 9.13 Å². The first-order valence-corrected chi connectivity index (χ1v) is 6.40. The highest BCUT2D eigenvalue weighted by molar-refractivity contribution is 6.31. The molecular formula is C13H17ClFNO. The lowest BCUT2D eigenvalue weighted by atomic mass is 10.1. The summed E-state index contributed by atoms with van der Waals surface area (Å²) in [5.74, 6) is -0.297. The van der Waals surface area contributed by atoms with Gasteiger partial charge in [0.1, 0.15) is 5.82 Å². The Labute approximate surface area is 106 Å². The maximum atomic E-state index is 12.8. The second-order valence-corrected chi connectivity index (χ2v) is 4.76. The van der Waals surface area contributed by atoms with E-state index in [0.717, 1.165) is 25.1 Å². The molecule has 1 aromatic carbocycles.